The minimum absolute atomic E-state index is 0.0588. The Hall–Kier alpha value is -4.84. The van der Waals surface area contributed by atoms with E-state index in [-0.39, 0.29) is 29.1 Å². The van der Waals surface area contributed by atoms with Crippen LogP contribution in [0.25, 0.3) is 33.3 Å². The Labute approximate surface area is 234 Å². The number of pyridine rings is 1. The van der Waals surface area contributed by atoms with E-state index in [1.165, 1.54) is 18.2 Å². The molecule has 5 aromatic rings. The molecular weight excluding hydrogens is 529 g/mol. The van der Waals surface area contributed by atoms with Crippen molar-refractivity contribution in [1.82, 2.24) is 24.5 Å². The van der Waals surface area contributed by atoms with Gasteiger partial charge in [0, 0.05) is 55.4 Å². The second kappa shape index (κ2) is 10.6. The summed E-state index contributed by atoms with van der Waals surface area (Å²) in [6.45, 7) is 3.17. The summed E-state index contributed by atoms with van der Waals surface area (Å²) in [4.78, 5) is 15.8. The number of nitro groups is 1. The Morgan fingerprint density at radius 2 is 1.90 bits per heavy atom. The molecule has 1 atom stereocenters. The van der Waals surface area contributed by atoms with Gasteiger partial charge in [0.25, 0.3) is 0 Å². The van der Waals surface area contributed by atoms with Gasteiger partial charge in [-0.05, 0) is 49.6 Å². The molecule has 2 aromatic carbocycles. The quantitative estimate of drug-likeness (QED) is 0.201. The minimum Gasteiger partial charge on any atom is -0.479 e. The third-order valence-electron chi connectivity index (χ3n) is 7.44. The number of nitro benzene ring substituents is 1. The number of rotatable bonds is 7. The van der Waals surface area contributed by atoms with Crippen LogP contribution in [-0.4, -0.2) is 42.7 Å². The van der Waals surface area contributed by atoms with Crippen LogP contribution in [0, 0.1) is 15.9 Å². The normalized spacial score (nSPS) is 14.8. The molecule has 12 heteroatoms. The van der Waals surface area contributed by atoms with Gasteiger partial charge in [-0.3, -0.25) is 19.5 Å². The lowest BCUT2D eigenvalue weighted by Gasteiger charge is -2.22. The molecule has 0 saturated carbocycles. The van der Waals surface area contributed by atoms with Crippen LogP contribution < -0.4 is 10.5 Å². The fraction of sp³-hybridized carbons (Fsp3) is 0.276. The molecule has 2 N–H and O–H groups in total. The average molecular weight is 558 g/mol. The van der Waals surface area contributed by atoms with Crippen molar-refractivity contribution in [2.75, 3.05) is 18.9 Å². The predicted molar refractivity (Wildman–Crippen MR) is 151 cm³/mol. The van der Waals surface area contributed by atoms with Crippen molar-refractivity contribution in [2.24, 2.45) is 7.05 Å². The largest absolute Gasteiger partial charge is 0.479 e. The molecule has 0 aliphatic carbocycles. The van der Waals surface area contributed by atoms with Gasteiger partial charge >= 0.3 is 5.69 Å². The summed E-state index contributed by atoms with van der Waals surface area (Å²) in [5.74, 6) is -0.0369. The zero-order valence-electron chi connectivity index (χ0n) is 22.5. The van der Waals surface area contributed by atoms with Crippen LogP contribution in [0.2, 0.25) is 0 Å². The number of halogens is 1. The summed E-state index contributed by atoms with van der Waals surface area (Å²) in [5, 5.41) is 21.8. The van der Waals surface area contributed by atoms with Gasteiger partial charge < -0.3 is 15.2 Å². The highest BCUT2D eigenvalue weighted by Crippen LogP contribution is 2.40. The average Bonchev–Trinajstić information content (AvgIpc) is 3.60. The maximum atomic E-state index is 13.4. The van der Waals surface area contributed by atoms with Gasteiger partial charge in [0.05, 0.1) is 28.1 Å². The van der Waals surface area contributed by atoms with Gasteiger partial charge in [-0.1, -0.05) is 12.1 Å². The highest BCUT2D eigenvalue weighted by molar-refractivity contribution is 6.06. The first-order valence-electron chi connectivity index (χ1n) is 13.2. The second-order valence-electron chi connectivity index (χ2n) is 10.1. The summed E-state index contributed by atoms with van der Waals surface area (Å²) in [7, 11) is 1.82. The van der Waals surface area contributed by atoms with Crippen LogP contribution in [-0.2, 0) is 11.8 Å². The fourth-order valence-corrected chi connectivity index (χ4v) is 5.27. The molecule has 1 saturated heterocycles. The standard InChI is InChI=1S/C29H28FN7O4/c1-17(18-3-6-21(30)7-4-18)41-25-13-19(5-8-24(25)37(38)39)27-26-28(35(2)34-27)23(15-32-29(26)31)20-14-33-36(16-20)22-9-11-40-12-10-22/h3-8,13-17,22H,9-12H2,1-2H3,(H2,31,32)/t17-/m0/s1. The molecule has 6 rings (SSSR count). The smallest absolute Gasteiger partial charge is 0.310 e. The molecule has 41 heavy (non-hydrogen) atoms. The van der Waals surface area contributed by atoms with Crippen LogP contribution in [0.3, 0.4) is 0 Å². The SMILES string of the molecule is C[C@H](Oc1cc(-c2nn(C)c3c(-c4cnn(C5CCOCC5)c4)cnc(N)c23)ccc1[N+](=O)[O-])c1ccc(F)cc1. The summed E-state index contributed by atoms with van der Waals surface area (Å²) in [6, 6.07) is 10.7. The lowest BCUT2D eigenvalue weighted by atomic mass is 10.0. The minimum atomic E-state index is -0.573. The number of aromatic nitrogens is 5. The van der Waals surface area contributed by atoms with Gasteiger partial charge in [0.15, 0.2) is 5.75 Å². The Morgan fingerprint density at radius 1 is 1.15 bits per heavy atom. The van der Waals surface area contributed by atoms with E-state index in [4.69, 9.17) is 20.3 Å². The van der Waals surface area contributed by atoms with Crippen molar-refractivity contribution >= 4 is 22.4 Å². The van der Waals surface area contributed by atoms with Gasteiger partial charge in [-0.25, -0.2) is 9.37 Å². The number of fused-ring (bicyclic) bond motifs is 1. The molecule has 1 fully saturated rings. The van der Waals surface area contributed by atoms with E-state index in [0.717, 1.165) is 29.5 Å². The van der Waals surface area contributed by atoms with Gasteiger partial charge in [0.1, 0.15) is 23.4 Å². The maximum Gasteiger partial charge on any atom is 0.310 e. The van der Waals surface area contributed by atoms with Crippen molar-refractivity contribution in [3.8, 4) is 28.1 Å². The van der Waals surface area contributed by atoms with Crippen LogP contribution in [0.15, 0.2) is 61.1 Å². The number of aryl methyl sites for hydroxylation is 1. The number of benzene rings is 2. The molecule has 0 amide bonds. The first kappa shape index (κ1) is 26.4. The van der Waals surface area contributed by atoms with Crippen LogP contribution in [0.1, 0.15) is 37.5 Å². The first-order chi connectivity index (χ1) is 19.8. The molecule has 4 heterocycles. The molecule has 1 aliphatic rings. The molecule has 0 unspecified atom stereocenters. The number of nitrogen functional groups attached to an aromatic ring is 1. The summed E-state index contributed by atoms with van der Waals surface area (Å²) in [5.41, 5.74) is 10.4. The number of ether oxygens (including phenoxy) is 2. The van der Waals surface area contributed by atoms with Crippen molar-refractivity contribution in [3.05, 3.63) is 82.6 Å². The zero-order chi connectivity index (χ0) is 28.7. The number of nitrogens with two attached hydrogens (primary N) is 1. The second-order valence-corrected chi connectivity index (χ2v) is 10.1. The molecule has 0 spiro atoms. The van der Waals surface area contributed by atoms with Crippen molar-refractivity contribution in [3.63, 3.8) is 0 Å². The van der Waals surface area contributed by atoms with E-state index in [1.807, 2.05) is 24.1 Å². The van der Waals surface area contributed by atoms with E-state index >= 15 is 0 Å². The Morgan fingerprint density at radius 3 is 2.63 bits per heavy atom. The van der Waals surface area contributed by atoms with Crippen molar-refractivity contribution < 1.29 is 18.8 Å². The van der Waals surface area contributed by atoms with Crippen molar-refractivity contribution in [1.29, 1.82) is 0 Å². The van der Waals surface area contributed by atoms with Gasteiger partial charge in [0.2, 0.25) is 0 Å². The van der Waals surface area contributed by atoms with E-state index in [9.17, 15) is 14.5 Å². The number of nitrogens with zero attached hydrogens (tertiary/aromatic N) is 6. The Kier molecular flexibility index (Phi) is 6.83. The predicted octanol–water partition coefficient (Wildman–Crippen LogP) is 5.62. The third-order valence-corrected chi connectivity index (χ3v) is 7.44. The highest BCUT2D eigenvalue weighted by atomic mass is 19.1. The lowest BCUT2D eigenvalue weighted by molar-refractivity contribution is -0.386. The zero-order valence-corrected chi connectivity index (χ0v) is 22.5. The molecule has 0 radical (unpaired) electrons. The highest BCUT2D eigenvalue weighted by Gasteiger charge is 2.24. The summed E-state index contributed by atoms with van der Waals surface area (Å²) >= 11 is 0. The number of anilines is 1. The van der Waals surface area contributed by atoms with Crippen LogP contribution in [0.4, 0.5) is 15.9 Å². The number of hydrogen-bond donors (Lipinski definition) is 1. The van der Waals surface area contributed by atoms with Crippen molar-refractivity contribution in [2.45, 2.75) is 31.9 Å². The van der Waals surface area contributed by atoms with Crippen LogP contribution >= 0.6 is 0 Å². The van der Waals surface area contributed by atoms with E-state index in [2.05, 4.69) is 10.1 Å². The van der Waals surface area contributed by atoms with Gasteiger partial charge in [-0.2, -0.15) is 10.2 Å². The Balaban J connectivity index is 1.41. The molecule has 0 bridgehead atoms. The fourth-order valence-electron chi connectivity index (χ4n) is 5.27. The summed E-state index contributed by atoms with van der Waals surface area (Å²) in [6.07, 6.45) is 6.75. The molecule has 1 aliphatic heterocycles. The number of hydrogen-bond acceptors (Lipinski definition) is 8. The van der Waals surface area contributed by atoms with Gasteiger partial charge in [-0.15, -0.1) is 0 Å². The Bertz CT molecular complexity index is 1740. The van der Waals surface area contributed by atoms with E-state index < -0.39 is 11.0 Å². The molecule has 11 nitrogen and oxygen atoms in total. The van der Waals surface area contributed by atoms with Crippen LogP contribution in [0.5, 0.6) is 5.75 Å². The first-order valence-corrected chi connectivity index (χ1v) is 13.2. The topological polar surface area (TPSA) is 136 Å². The van der Waals surface area contributed by atoms with E-state index in [1.54, 1.807) is 42.1 Å². The molecule has 210 valence electrons. The monoisotopic (exact) mass is 557 g/mol. The molecular formula is C29H28FN7O4. The summed E-state index contributed by atoms with van der Waals surface area (Å²) < 4.78 is 28.6. The third kappa shape index (κ3) is 4.97. The maximum absolute atomic E-state index is 13.4. The van der Waals surface area contributed by atoms with E-state index in [0.29, 0.717) is 35.4 Å². The lowest BCUT2D eigenvalue weighted by Crippen LogP contribution is -2.19. The molecule has 3 aromatic heterocycles.